The third kappa shape index (κ3) is 37.7. The minimum Gasteiger partial charge on any atom is -0.433 e. The van der Waals surface area contributed by atoms with Crippen molar-refractivity contribution >= 4 is 216 Å². The molecule has 16 nitrogen and oxygen atoms in total. The van der Waals surface area contributed by atoms with Gasteiger partial charge in [0, 0.05) is 0 Å². The van der Waals surface area contributed by atoms with Gasteiger partial charge in [0.25, 0.3) is 0 Å². The van der Waals surface area contributed by atoms with Gasteiger partial charge in [-0.25, -0.2) is 0 Å². The van der Waals surface area contributed by atoms with E-state index in [9.17, 15) is 0 Å². The summed E-state index contributed by atoms with van der Waals surface area (Å²) in [5, 5.41) is 9.51. The largest absolute Gasteiger partial charge is 0.433 e. The van der Waals surface area contributed by atoms with Gasteiger partial charge in [-0.2, -0.15) is 0 Å². The second-order valence-corrected chi connectivity index (χ2v) is 115. The van der Waals surface area contributed by atoms with E-state index < -0.39 is 169 Å². The number of rotatable bonds is 51. The number of benzene rings is 9. The Morgan fingerprint density at radius 2 is 0.317 bits per heavy atom. The molecule has 9 rings (SSSR count). The van der Waals surface area contributed by atoms with Crippen LogP contribution in [0.4, 0.5) is 0 Å². The minimum absolute atomic E-state index is 0.239. The maximum absolute atomic E-state index is 7.57. The Hall–Kier alpha value is -5.66. The maximum Gasteiger partial charge on any atom is 0.389 e. The summed E-state index contributed by atoms with van der Waals surface area (Å²) in [6, 6.07) is 93.0. The van der Waals surface area contributed by atoms with Gasteiger partial charge in [0.15, 0.2) is 58.2 Å². The molecule has 0 saturated heterocycles. The fourth-order valence-corrected chi connectivity index (χ4v) is 98.1. The topological polar surface area (TPSA) is 148 Å². The molecule has 0 saturated carbocycles. The predicted octanol–water partition coefficient (Wildman–Crippen LogP) is 22.7. The van der Waals surface area contributed by atoms with Crippen molar-refractivity contribution in [1.29, 1.82) is 0 Å². The van der Waals surface area contributed by atoms with Crippen molar-refractivity contribution in [1.82, 2.24) is 0 Å². The molecule has 9 aromatic rings. The lowest BCUT2D eigenvalue weighted by Gasteiger charge is -2.46. The molecule has 0 aromatic heterocycles. The molecule has 752 valence electrons. The van der Waals surface area contributed by atoms with Crippen LogP contribution in [-0.2, 0) is 66.2 Å². The van der Waals surface area contributed by atoms with Crippen LogP contribution in [0.1, 0.15) is 0 Å². The quantitative estimate of drug-likeness (QED) is 0.0333. The van der Waals surface area contributed by atoms with Crippen LogP contribution in [0.2, 0.25) is 196 Å². The van der Waals surface area contributed by atoms with E-state index in [4.69, 9.17) is 66.2 Å². The summed E-state index contributed by atoms with van der Waals surface area (Å²) in [7, 11) is -51.9. The third-order valence-corrected chi connectivity index (χ3v) is 95.8. The maximum atomic E-state index is 7.57. The molecule has 0 spiro atoms. The first kappa shape index (κ1) is 122. The second kappa shape index (κ2) is 50.6. The molecular formula is C103H164O16Si20. The fraction of sp³-hybridized carbons (Fsp3) is 0.301. The molecule has 0 heterocycles. The Morgan fingerprint density at radius 3 is 0.525 bits per heavy atom. The van der Waals surface area contributed by atoms with E-state index in [0.717, 1.165) is 46.7 Å². The lowest BCUT2D eigenvalue weighted by Crippen LogP contribution is -2.74. The minimum atomic E-state index is -3.47. The summed E-state index contributed by atoms with van der Waals surface area (Å²) in [5.41, 5.74) is 17.7. The smallest absolute Gasteiger partial charge is 0.389 e. The fourth-order valence-electron chi connectivity index (χ4n) is 15.6. The van der Waals surface area contributed by atoms with Crippen molar-refractivity contribution < 1.29 is 66.2 Å². The summed E-state index contributed by atoms with van der Waals surface area (Å²) in [6.45, 7) is 100. The first-order valence-corrected chi connectivity index (χ1v) is 101. The van der Waals surface area contributed by atoms with Crippen molar-refractivity contribution in [2.24, 2.45) is 0 Å². The number of hydrogen-bond donors (Lipinski definition) is 0. The Morgan fingerprint density at radius 1 is 0.158 bits per heavy atom. The summed E-state index contributed by atoms with van der Waals surface area (Å²) in [6.07, 6.45) is 0.239. The van der Waals surface area contributed by atoms with Gasteiger partial charge in [-0.3, -0.25) is 0 Å². The first-order valence-electron chi connectivity index (χ1n) is 47.7. The van der Waals surface area contributed by atoms with E-state index in [1.54, 1.807) is 0 Å². The molecule has 0 bridgehead atoms. The Kier molecular flexibility index (Phi) is 44.4. The highest BCUT2D eigenvalue weighted by Crippen LogP contribution is 2.34. The van der Waals surface area contributed by atoms with Crippen LogP contribution < -0.4 is 46.7 Å². The molecule has 3 atom stereocenters. The second-order valence-electron chi connectivity index (χ2n) is 41.9. The highest BCUT2D eigenvalue weighted by molar-refractivity contribution is 7.07. The van der Waals surface area contributed by atoms with Gasteiger partial charge in [-0.1, -0.05) is 324 Å². The standard InChI is InChI=1S/C30H54O6Si7.C29H42O4Si5.2C22H34O3Si4/c1-15-37(4,5)32-40(10,11)31-28-43(30-26-22-19-23-27-30,35-41(12,13)33-38(6,7)16-2)36-42(14,34-39(8,9)17-3)29-24-20-18-21-25-29;1-10-34(3,4)30-36(7,8)32-38(28-23-17-13-18-24-28,29-25-19-14-20-26-29)33-37(9,31-35(5,6)11-2)27-21-15-12-16-22-27;2*1-9-26(3,4)23-28(7,8)25-29(24-27(5,6)10-2,21-17-13-11-14-18-21)22-19-15-12-16-20-22/h15-27H,1-3,28H2,4-14H3;10-26H,1-2H2,3-9H3;2*9-20H,1-2H2,3-8H3. The highest BCUT2D eigenvalue weighted by atomic mass is 28.5. The van der Waals surface area contributed by atoms with Gasteiger partial charge in [-0.15, -0.1) is 59.2 Å². The SMILES string of the molecule is C=C[Si](C)(C)O[Si](C)(C)OC[Si](O[Si](C)(C)O[Si](C)(C)C=C)(O[Si](C)(O[Si](C)(C)C=C)c1ccccc1)c1ccccc1.C=C[Si](C)(C)O[Si](C)(C)O[Si](O[Si](C)(C)C=C)(c1ccccc1)c1ccccc1.C=C[Si](C)(C)O[Si](C)(C)O[Si](O[Si](C)(C)C=C)(c1ccccc1)c1ccccc1.C=C[Si](C)(C)O[Si](C)(C)O[Si](O[Si](C)(O[Si](C)(C)C=C)c1ccccc1)(c1ccccc1)c1ccccc1. The van der Waals surface area contributed by atoms with Gasteiger partial charge >= 0.3 is 94.2 Å². The lowest BCUT2D eigenvalue weighted by atomic mass is 10.4. The van der Waals surface area contributed by atoms with E-state index in [1.807, 2.05) is 191 Å². The zero-order valence-corrected chi connectivity index (χ0v) is 109. The predicted molar refractivity (Wildman–Crippen MR) is 640 cm³/mol. The Labute approximate surface area is 860 Å². The monoisotopic (exact) mass is 2220 g/mol. The van der Waals surface area contributed by atoms with Crippen molar-refractivity contribution in [3.63, 3.8) is 0 Å². The molecule has 0 N–H and O–H groups in total. The molecule has 0 amide bonds. The van der Waals surface area contributed by atoms with E-state index in [-0.39, 0.29) is 6.23 Å². The Bertz CT molecular complexity index is 5130. The normalized spacial score (nSPS) is 14.5. The first-order chi connectivity index (χ1) is 64.3. The van der Waals surface area contributed by atoms with Crippen LogP contribution in [0.5, 0.6) is 0 Å². The molecule has 0 aliphatic rings. The van der Waals surface area contributed by atoms with Gasteiger partial charge < -0.3 is 66.2 Å². The van der Waals surface area contributed by atoms with Crippen LogP contribution in [-0.4, -0.2) is 175 Å². The van der Waals surface area contributed by atoms with Crippen molar-refractivity contribution in [3.8, 4) is 0 Å². The zero-order valence-electron chi connectivity index (χ0n) is 89.3. The third-order valence-electron chi connectivity index (χ3n) is 22.3. The van der Waals surface area contributed by atoms with E-state index in [2.05, 4.69) is 389 Å². The molecule has 0 aliphatic carbocycles. The molecule has 9 aromatic carbocycles. The van der Waals surface area contributed by atoms with Crippen LogP contribution in [0.15, 0.2) is 383 Å². The van der Waals surface area contributed by atoms with Crippen LogP contribution in [0.3, 0.4) is 0 Å². The lowest BCUT2D eigenvalue weighted by molar-refractivity contribution is 0.230. The zero-order chi connectivity index (χ0) is 104. The van der Waals surface area contributed by atoms with Gasteiger partial charge in [0.05, 0.1) is 6.23 Å². The van der Waals surface area contributed by atoms with Crippen LogP contribution >= 0.6 is 0 Å². The van der Waals surface area contributed by atoms with Crippen molar-refractivity contribution in [3.05, 3.63) is 383 Å². The van der Waals surface area contributed by atoms with Gasteiger partial charge in [0.1, 0.15) is 0 Å². The van der Waals surface area contributed by atoms with Crippen molar-refractivity contribution in [2.45, 2.75) is 196 Å². The summed E-state index contributed by atoms with van der Waals surface area (Å²) >= 11 is 0. The van der Waals surface area contributed by atoms with E-state index in [1.165, 1.54) is 0 Å². The van der Waals surface area contributed by atoms with Crippen LogP contribution in [0.25, 0.3) is 0 Å². The molecule has 139 heavy (non-hydrogen) atoms. The average Bonchev–Trinajstić information content (AvgIpc) is 0.752. The molecule has 36 heteroatoms. The van der Waals surface area contributed by atoms with Gasteiger partial charge in [0.2, 0.25) is 16.6 Å². The average molecular weight is 2220 g/mol. The summed E-state index contributed by atoms with van der Waals surface area (Å²) in [4.78, 5) is 0. The molecule has 0 aliphatic heterocycles. The molecular weight excluding hydrogens is 2050 g/mol. The highest BCUT2D eigenvalue weighted by Gasteiger charge is 2.60. The van der Waals surface area contributed by atoms with Gasteiger partial charge in [-0.05, 0) is 243 Å². The van der Waals surface area contributed by atoms with Crippen LogP contribution in [0, 0.1) is 0 Å². The molecule has 0 radical (unpaired) electrons. The van der Waals surface area contributed by atoms with Crippen molar-refractivity contribution in [2.75, 3.05) is 6.23 Å². The van der Waals surface area contributed by atoms with E-state index >= 15 is 0 Å². The number of hydrogen-bond acceptors (Lipinski definition) is 16. The van der Waals surface area contributed by atoms with E-state index in [0.29, 0.717) is 0 Å². The summed E-state index contributed by atoms with van der Waals surface area (Å²) in [5.74, 6) is 0. The summed E-state index contributed by atoms with van der Waals surface area (Å²) < 4.78 is 112. The Balaban J connectivity index is 0.000000288. The molecule has 0 fully saturated rings. The molecule has 3 unspecified atom stereocenters.